The Balaban J connectivity index is 3.24. The van der Waals surface area contributed by atoms with Crippen molar-refractivity contribution in [2.24, 2.45) is 5.73 Å². The molecule has 0 aromatic heterocycles. The van der Waals surface area contributed by atoms with Crippen LogP contribution in [0.25, 0.3) is 0 Å². The lowest BCUT2D eigenvalue weighted by molar-refractivity contribution is -0.385. The lowest BCUT2D eigenvalue weighted by atomic mass is 10.1. The Kier molecular flexibility index (Phi) is 4.69. The first-order chi connectivity index (χ1) is 9.13. The van der Waals surface area contributed by atoms with Crippen molar-refractivity contribution in [3.05, 3.63) is 28.3 Å². The standard InChI is InChI=1S/C11H17N3O5S/c1-11(2,7-12)13-20(17,18)8-4-5-9(14(15)16)10(6-8)19-3/h4-6,13H,7,12H2,1-3H3. The molecule has 0 aliphatic heterocycles. The quantitative estimate of drug-likeness (QED) is 0.586. The highest BCUT2D eigenvalue weighted by atomic mass is 32.2. The summed E-state index contributed by atoms with van der Waals surface area (Å²) in [4.78, 5) is 9.99. The predicted molar refractivity (Wildman–Crippen MR) is 73.1 cm³/mol. The second-order valence-electron chi connectivity index (χ2n) is 4.78. The molecule has 1 rings (SSSR count). The molecule has 0 radical (unpaired) electrons. The van der Waals surface area contributed by atoms with Gasteiger partial charge < -0.3 is 10.5 Å². The summed E-state index contributed by atoms with van der Waals surface area (Å²) < 4.78 is 31.6. The smallest absolute Gasteiger partial charge is 0.310 e. The predicted octanol–water partition coefficient (Wildman–Crippen LogP) is 0.619. The first kappa shape index (κ1) is 16.3. The summed E-state index contributed by atoms with van der Waals surface area (Å²) in [6, 6.07) is 3.34. The molecule has 3 N–H and O–H groups in total. The number of hydrogen-bond donors (Lipinski definition) is 2. The molecule has 0 saturated carbocycles. The van der Waals surface area contributed by atoms with Gasteiger partial charge in [-0.05, 0) is 19.9 Å². The Morgan fingerprint density at radius 3 is 2.50 bits per heavy atom. The molecule has 0 saturated heterocycles. The Hall–Kier alpha value is -1.71. The maximum absolute atomic E-state index is 12.2. The topological polar surface area (TPSA) is 125 Å². The summed E-state index contributed by atoms with van der Waals surface area (Å²) in [6.07, 6.45) is 0. The fourth-order valence-corrected chi connectivity index (χ4v) is 2.88. The minimum absolute atomic E-state index is 0.107. The van der Waals surface area contributed by atoms with Crippen molar-refractivity contribution in [2.75, 3.05) is 13.7 Å². The highest BCUT2D eigenvalue weighted by Gasteiger charge is 2.27. The van der Waals surface area contributed by atoms with Gasteiger partial charge in [0.25, 0.3) is 0 Å². The molecule has 0 spiro atoms. The summed E-state index contributed by atoms with van der Waals surface area (Å²) in [7, 11) is -2.61. The van der Waals surface area contributed by atoms with Crippen molar-refractivity contribution in [2.45, 2.75) is 24.3 Å². The average molecular weight is 303 g/mol. The minimum Gasteiger partial charge on any atom is -0.490 e. The Labute approximate surface area is 117 Å². The average Bonchev–Trinajstić information content (AvgIpc) is 2.36. The van der Waals surface area contributed by atoms with Crippen LogP contribution >= 0.6 is 0 Å². The molecule has 20 heavy (non-hydrogen) atoms. The van der Waals surface area contributed by atoms with E-state index in [1.165, 1.54) is 7.11 Å². The number of nitrogens with one attached hydrogen (secondary N) is 1. The Morgan fingerprint density at radius 2 is 2.05 bits per heavy atom. The zero-order chi connectivity index (χ0) is 15.6. The number of ether oxygens (including phenoxy) is 1. The number of nitro groups is 1. The van der Waals surface area contributed by atoms with Gasteiger partial charge in [-0.1, -0.05) is 0 Å². The molecule has 0 heterocycles. The summed E-state index contributed by atoms with van der Waals surface area (Å²) in [5.74, 6) is -0.122. The second-order valence-corrected chi connectivity index (χ2v) is 6.47. The van der Waals surface area contributed by atoms with E-state index in [1.807, 2.05) is 0 Å². The van der Waals surface area contributed by atoms with Crippen molar-refractivity contribution < 1.29 is 18.1 Å². The molecule has 1 aromatic rings. The van der Waals surface area contributed by atoms with Crippen LogP contribution in [0.4, 0.5) is 5.69 Å². The summed E-state index contributed by atoms with van der Waals surface area (Å²) in [5, 5.41) is 10.8. The van der Waals surface area contributed by atoms with Gasteiger partial charge in [-0.2, -0.15) is 0 Å². The van der Waals surface area contributed by atoms with Crippen LogP contribution in [0, 0.1) is 10.1 Å². The van der Waals surface area contributed by atoms with Crippen molar-refractivity contribution in [1.82, 2.24) is 4.72 Å². The summed E-state index contributed by atoms with van der Waals surface area (Å²) in [5.41, 5.74) is 4.34. The number of nitrogens with zero attached hydrogens (tertiary/aromatic N) is 1. The van der Waals surface area contributed by atoms with Gasteiger partial charge in [0, 0.05) is 24.2 Å². The fourth-order valence-electron chi connectivity index (χ4n) is 1.44. The van der Waals surface area contributed by atoms with Gasteiger partial charge in [0.1, 0.15) is 0 Å². The zero-order valence-corrected chi connectivity index (χ0v) is 12.2. The molecule has 0 unspecified atom stereocenters. The number of sulfonamides is 1. The van der Waals surface area contributed by atoms with Crippen LogP contribution in [-0.4, -0.2) is 32.5 Å². The van der Waals surface area contributed by atoms with Crippen LogP contribution in [-0.2, 0) is 10.0 Å². The van der Waals surface area contributed by atoms with E-state index >= 15 is 0 Å². The van der Waals surface area contributed by atoms with E-state index < -0.39 is 20.5 Å². The van der Waals surface area contributed by atoms with Crippen LogP contribution in [0.3, 0.4) is 0 Å². The van der Waals surface area contributed by atoms with E-state index in [9.17, 15) is 18.5 Å². The maximum Gasteiger partial charge on any atom is 0.310 e. The Morgan fingerprint density at radius 1 is 1.45 bits per heavy atom. The second kappa shape index (κ2) is 5.73. The number of hydrogen-bond acceptors (Lipinski definition) is 6. The van der Waals surface area contributed by atoms with E-state index in [4.69, 9.17) is 10.5 Å². The molecule has 112 valence electrons. The number of methoxy groups -OCH3 is 1. The SMILES string of the molecule is COc1cc(S(=O)(=O)NC(C)(C)CN)ccc1[N+](=O)[O-]. The van der Waals surface area contributed by atoms with E-state index in [1.54, 1.807) is 13.8 Å². The van der Waals surface area contributed by atoms with E-state index in [2.05, 4.69) is 4.72 Å². The van der Waals surface area contributed by atoms with Gasteiger partial charge in [-0.3, -0.25) is 10.1 Å². The number of benzene rings is 1. The largest absolute Gasteiger partial charge is 0.490 e. The van der Waals surface area contributed by atoms with Gasteiger partial charge in [0.2, 0.25) is 10.0 Å². The summed E-state index contributed by atoms with van der Waals surface area (Å²) in [6.45, 7) is 3.37. The zero-order valence-electron chi connectivity index (χ0n) is 11.4. The van der Waals surface area contributed by atoms with Gasteiger partial charge in [0.05, 0.1) is 16.9 Å². The van der Waals surface area contributed by atoms with Gasteiger partial charge in [-0.15, -0.1) is 0 Å². The van der Waals surface area contributed by atoms with Gasteiger partial charge >= 0.3 is 5.69 Å². The minimum atomic E-state index is -3.84. The van der Waals surface area contributed by atoms with Crippen LogP contribution < -0.4 is 15.2 Å². The molecule has 0 aliphatic rings. The maximum atomic E-state index is 12.2. The van der Waals surface area contributed by atoms with Crippen molar-refractivity contribution in [3.8, 4) is 5.75 Å². The van der Waals surface area contributed by atoms with Crippen molar-refractivity contribution >= 4 is 15.7 Å². The monoisotopic (exact) mass is 303 g/mol. The lowest BCUT2D eigenvalue weighted by Crippen LogP contribution is -2.48. The molecular formula is C11H17N3O5S. The van der Waals surface area contributed by atoms with Crippen molar-refractivity contribution in [3.63, 3.8) is 0 Å². The van der Waals surface area contributed by atoms with Crippen molar-refractivity contribution in [1.29, 1.82) is 0 Å². The third kappa shape index (κ3) is 3.65. The Bertz CT molecular complexity index is 612. The molecule has 0 atom stereocenters. The van der Waals surface area contributed by atoms with Gasteiger partial charge in [0.15, 0.2) is 5.75 Å². The summed E-state index contributed by atoms with van der Waals surface area (Å²) >= 11 is 0. The molecule has 9 heteroatoms. The highest BCUT2D eigenvalue weighted by molar-refractivity contribution is 7.89. The van der Waals surface area contributed by atoms with Crippen LogP contribution in [0.1, 0.15) is 13.8 Å². The molecular weight excluding hydrogens is 286 g/mol. The molecule has 0 bridgehead atoms. The van der Waals surface area contributed by atoms with E-state index in [0.29, 0.717) is 0 Å². The third-order valence-electron chi connectivity index (χ3n) is 2.58. The number of nitrogens with two attached hydrogens (primary N) is 1. The van der Waals surface area contributed by atoms with E-state index in [0.717, 1.165) is 18.2 Å². The third-order valence-corrected chi connectivity index (χ3v) is 4.28. The lowest BCUT2D eigenvalue weighted by Gasteiger charge is -2.23. The normalized spacial score (nSPS) is 12.2. The van der Waals surface area contributed by atoms with Crippen LogP contribution in [0.2, 0.25) is 0 Å². The highest BCUT2D eigenvalue weighted by Crippen LogP contribution is 2.29. The number of rotatable bonds is 6. The molecule has 0 aliphatic carbocycles. The molecule has 0 amide bonds. The van der Waals surface area contributed by atoms with Crippen LogP contribution in [0.5, 0.6) is 5.75 Å². The van der Waals surface area contributed by atoms with Gasteiger partial charge in [-0.25, -0.2) is 13.1 Å². The van der Waals surface area contributed by atoms with Crippen LogP contribution in [0.15, 0.2) is 23.1 Å². The molecule has 1 aromatic carbocycles. The van der Waals surface area contributed by atoms with E-state index in [-0.39, 0.29) is 22.9 Å². The number of nitro benzene ring substituents is 1. The molecule has 8 nitrogen and oxygen atoms in total. The molecule has 0 fully saturated rings. The fraction of sp³-hybridized carbons (Fsp3) is 0.455. The first-order valence-corrected chi connectivity index (χ1v) is 7.18. The first-order valence-electron chi connectivity index (χ1n) is 5.69.